The van der Waals surface area contributed by atoms with Gasteiger partial charge in [0.2, 0.25) is 0 Å². The molecular weight excluding hydrogens is 448 g/mol. The van der Waals surface area contributed by atoms with Crippen LogP contribution in [0.4, 0.5) is 11.4 Å². The molecule has 0 aliphatic carbocycles. The molecule has 0 radical (unpaired) electrons. The van der Waals surface area contributed by atoms with Gasteiger partial charge in [0.25, 0.3) is 0 Å². The Morgan fingerprint density at radius 1 is 1.03 bits per heavy atom. The third-order valence-corrected chi connectivity index (χ3v) is 6.68. The fourth-order valence-corrected chi connectivity index (χ4v) is 5.01. The highest BCUT2D eigenvalue weighted by Crippen LogP contribution is 2.40. The molecule has 2 aliphatic rings. The maximum absolute atomic E-state index is 12.6. The van der Waals surface area contributed by atoms with Crippen molar-refractivity contribution in [3.05, 3.63) is 70.3 Å². The summed E-state index contributed by atoms with van der Waals surface area (Å²) >= 11 is 1.26. The number of aliphatic imine (C=N–C) groups is 1. The van der Waals surface area contributed by atoms with Crippen molar-refractivity contribution in [3.8, 4) is 5.75 Å². The van der Waals surface area contributed by atoms with Crippen molar-refractivity contribution in [2.75, 3.05) is 31.2 Å². The first kappa shape index (κ1) is 24.0. The molecule has 178 valence electrons. The highest BCUT2D eigenvalue weighted by molar-refractivity contribution is 8.18. The van der Waals surface area contributed by atoms with E-state index in [9.17, 15) is 9.90 Å². The number of ether oxygens (including phenoxy) is 2. The van der Waals surface area contributed by atoms with Crippen LogP contribution in [0.3, 0.4) is 0 Å². The number of aliphatic hydroxyl groups is 1. The third-order valence-electron chi connectivity index (χ3n) is 5.66. The molecule has 1 saturated heterocycles. The topological polar surface area (TPSA) is 71.4 Å². The quantitative estimate of drug-likeness (QED) is 0.473. The van der Waals surface area contributed by atoms with Crippen molar-refractivity contribution in [2.45, 2.75) is 33.1 Å². The fourth-order valence-electron chi connectivity index (χ4n) is 3.98. The SMILES string of the molecule is CCOC(=O)C1=C(O)C(=Cc2ccc(N3CCCCC3)cc2)SC1=Nc1ccc(OCC)cc1. The molecule has 34 heavy (non-hydrogen) atoms. The molecule has 0 amide bonds. The second-order valence-corrected chi connectivity index (χ2v) is 9.07. The smallest absolute Gasteiger partial charge is 0.344 e. The minimum Gasteiger partial charge on any atom is -0.506 e. The van der Waals surface area contributed by atoms with Gasteiger partial charge in [-0.1, -0.05) is 23.9 Å². The van der Waals surface area contributed by atoms with Crippen LogP contribution in [0.1, 0.15) is 38.7 Å². The largest absolute Gasteiger partial charge is 0.506 e. The Kier molecular flexibility index (Phi) is 7.95. The zero-order valence-corrected chi connectivity index (χ0v) is 20.4. The van der Waals surface area contributed by atoms with Crippen molar-refractivity contribution in [1.82, 2.24) is 0 Å². The number of anilines is 1. The summed E-state index contributed by atoms with van der Waals surface area (Å²) in [6.45, 7) is 6.65. The Morgan fingerprint density at radius 2 is 1.74 bits per heavy atom. The molecule has 4 rings (SSSR count). The van der Waals surface area contributed by atoms with Gasteiger partial charge in [0.1, 0.15) is 22.1 Å². The van der Waals surface area contributed by atoms with Crippen LogP contribution in [0.2, 0.25) is 0 Å². The number of hydrogen-bond acceptors (Lipinski definition) is 7. The van der Waals surface area contributed by atoms with Crippen LogP contribution in [-0.4, -0.2) is 42.4 Å². The maximum Gasteiger partial charge on any atom is 0.344 e. The van der Waals surface area contributed by atoms with E-state index in [0.29, 0.717) is 22.2 Å². The first-order chi connectivity index (χ1) is 16.6. The van der Waals surface area contributed by atoms with Crippen molar-refractivity contribution in [3.63, 3.8) is 0 Å². The maximum atomic E-state index is 12.6. The number of benzene rings is 2. The van der Waals surface area contributed by atoms with Crippen molar-refractivity contribution in [2.24, 2.45) is 4.99 Å². The van der Waals surface area contributed by atoms with Gasteiger partial charge in [-0.05, 0) is 81.1 Å². The number of hydrogen-bond donors (Lipinski definition) is 1. The van der Waals surface area contributed by atoms with Crippen molar-refractivity contribution < 1.29 is 19.4 Å². The molecule has 6 nitrogen and oxygen atoms in total. The highest BCUT2D eigenvalue weighted by atomic mass is 32.2. The number of carbonyl (C=O) groups is 1. The van der Waals surface area contributed by atoms with Crippen LogP contribution < -0.4 is 9.64 Å². The Bertz CT molecular complexity index is 1100. The fraction of sp³-hybridized carbons (Fsp3) is 0.333. The van der Waals surface area contributed by atoms with E-state index in [2.05, 4.69) is 22.0 Å². The Hall–Kier alpha value is -3.19. The number of carbonyl (C=O) groups excluding carboxylic acids is 1. The molecule has 2 heterocycles. The lowest BCUT2D eigenvalue weighted by Crippen LogP contribution is -2.29. The summed E-state index contributed by atoms with van der Waals surface area (Å²) < 4.78 is 10.7. The average Bonchev–Trinajstić information content (AvgIpc) is 3.16. The van der Waals surface area contributed by atoms with E-state index in [-0.39, 0.29) is 17.9 Å². The van der Waals surface area contributed by atoms with Gasteiger partial charge in [-0.3, -0.25) is 0 Å². The Balaban J connectivity index is 1.60. The first-order valence-electron chi connectivity index (χ1n) is 11.8. The van der Waals surface area contributed by atoms with Gasteiger partial charge < -0.3 is 19.5 Å². The normalized spacial score (nSPS) is 18.6. The Labute approximate surface area is 205 Å². The summed E-state index contributed by atoms with van der Waals surface area (Å²) in [4.78, 5) is 20.2. The molecule has 0 spiro atoms. The van der Waals surface area contributed by atoms with Crippen LogP contribution in [-0.2, 0) is 9.53 Å². The molecule has 2 aromatic carbocycles. The van der Waals surface area contributed by atoms with Crippen molar-refractivity contribution >= 4 is 40.2 Å². The van der Waals surface area contributed by atoms with E-state index in [1.54, 1.807) is 6.92 Å². The third kappa shape index (κ3) is 5.65. The zero-order valence-electron chi connectivity index (χ0n) is 19.6. The summed E-state index contributed by atoms with van der Waals surface area (Å²) in [6.07, 6.45) is 5.63. The minimum absolute atomic E-state index is 0.0944. The second kappa shape index (κ2) is 11.3. The number of aliphatic hydroxyl groups excluding tert-OH is 1. The molecule has 0 saturated carbocycles. The summed E-state index contributed by atoms with van der Waals surface area (Å²) in [7, 11) is 0. The van der Waals surface area contributed by atoms with Crippen LogP contribution in [0.5, 0.6) is 5.75 Å². The average molecular weight is 479 g/mol. The van der Waals surface area contributed by atoms with Crippen LogP contribution in [0, 0.1) is 0 Å². The molecule has 1 fully saturated rings. The zero-order chi connectivity index (χ0) is 23.9. The number of esters is 1. The first-order valence-corrected chi connectivity index (χ1v) is 12.6. The molecule has 0 unspecified atom stereocenters. The van der Waals surface area contributed by atoms with Gasteiger partial charge in [-0.25, -0.2) is 9.79 Å². The van der Waals surface area contributed by atoms with Gasteiger partial charge in [0, 0.05) is 18.8 Å². The summed E-state index contributed by atoms with van der Waals surface area (Å²) in [5.41, 5.74) is 2.91. The molecule has 2 aliphatic heterocycles. The molecule has 0 bridgehead atoms. The number of piperidine rings is 1. The number of nitrogens with zero attached hydrogens (tertiary/aromatic N) is 2. The van der Waals surface area contributed by atoms with Gasteiger partial charge in [-0.15, -0.1) is 0 Å². The summed E-state index contributed by atoms with van der Waals surface area (Å²) in [6, 6.07) is 15.6. The number of thioether (sulfide) groups is 1. The predicted molar refractivity (Wildman–Crippen MR) is 139 cm³/mol. The van der Waals surface area contributed by atoms with E-state index >= 15 is 0 Å². The standard InChI is InChI=1S/C27H30N2O4S/c1-3-32-22-14-10-20(11-15-22)28-26-24(27(31)33-4-2)25(30)23(34-26)18-19-8-12-21(13-9-19)29-16-6-5-7-17-29/h8-15,18,30H,3-7,16-17H2,1-2H3. The minimum atomic E-state index is -0.582. The van der Waals surface area contributed by atoms with Crippen LogP contribution in [0.25, 0.3) is 6.08 Å². The highest BCUT2D eigenvalue weighted by Gasteiger charge is 2.33. The summed E-state index contributed by atoms with van der Waals surface area (Å²) in [5.74, 6) is 0.0670. The van der Waals surface area contributed by atoms with Gasteiger partial charge in [0.05, 0.1) is 23.8 Å². The molecular formula is C27H30N2O4S. The number of rotatable bonds is 7. The van der Waals surface area contributed by atoms with E-state index in [4.69, 9.17) is 9.47 Å². The lowest BCUT2D eigenvalue weighted by molar-refractivity contribution is -0.138. The lowest BCUT2D eigenvalue weighted by atomic mass is 10.1. The van der Waals surface area contributed by atoms with E-state index in [1.165, 1.54) is 36.7 Å². The van der Waals surface area contributed by atoms with Gasteiger partial charge in [-0.2, -0.15) is 0 Å². The van der Waals surface area contributed by atoms with Gasteiger partial charge in [0.15, 0.2) is 0 Å². The van der Waals surface area contributed by atoms with E-state index < -0.39 is 5.97 Å². The monoisotopic (exact) mass is 478 g/mol. The molecule has 0 aromatic heterocycles. The van der Waals surface area contributed by atoms with E-state index in [0.717, 1.165) is 24.4 Å². The van der Waals surface area contributed by atoms with Crippen LogP contribution in [0.15, 0.2) is 69.8 Å². The van der Waals surface area contributed by atoms with Crippen LogP contribution >= 0.6 is 11.8 Å². The van der Waals surface area contributed by atoms with Crippen molar-refractivity contribution in [1.29, 1.82) is 0 Å². The summed E-state index contributed by atoms with van der Waals surface area (Å²) in [5, 5.41) is 11.3. The molecule has 7 heteroatoms. The van der Waals surface area contributed by atoms with E-state index in [1.807, 2.05) is 49.4 Å². The predicted octanol–water partition coefficient (Wildman–Crippen LogP) is 6.27. The Morgan fingerprint density at radius 3 is 2.38 bits per heavy atom. The molecule has 2 aromatic rings. The second-order valence-electron chi connectivity index (χ2n) is 8.04. The lowest BCUT2D eigenvalue weighted by Gasteiger charge is -2.28. The molecule has 0 atom stereocenters. The molecule has 1 N–H and O–H groups in total. The van der Waals surface area contributed by atoms with Gasteiger partial charge >= 0.3 is 5.97 Å².